The van der Waals surface area contributed by atoms with E-state index >= 15 is 0 Å². The second-order valence-corrected chi connectivity index (χ2v) is 8.15. The molecule has 0 atom stereocenters. The second kappa shape index (κ2) is 13.0. The van der Waals surface area contributed by atoms with Crippen molar-refractivity contribution in [1.29, 1.82) is 0 Å². The fraction of sp³-hybridized carbons (Fsp3) is 0.524. The Bertz CT molecular complexity index is 984. The molecule has 3 aromatic rings. The zero-order chi connectivity index (χ0) is 22.8. The van der Waals surface area contributed by atoms with Crippen molar-refractivity contribution in [3.05, 3.63) is 30.1 Å². The van der Waals surface area contributed by atoms with Crippen molar-refractivity contribution in [1.82, 2.24) is 14.5 Å². The van der Waals surface area contributed by atoms with Crippen LogP contribution in [0.2, 0.25) is 0 Å². The van der Waals surface area contributed by atoms with E-state index < -0.39 is 8.38 Å². The van der Waals surface area contributed by atoms with E-state index in [1.807, 2.05) is 31.2 Å². The van der Waals surface area contributed by atoms with Crippen LogP contribution in [0.1, 0.15) is 12.7 Å². The van der Waals surface area contributed by atoms with E-state index in [-0.39, 0.29) is 6.16 Å². The molecular weight excluding hydrogens is 435 g/mol. The highest BCUT2D eigenvalue weighted by atomic mass is 31.2. The van der Waals surface area contributed by atoms with Gasteiger partial charge in [-0.05, 0) is 13.0 Å². The van der Waals surface area contributed by atoms with Crippen LogP contribution in [-0.4, -0.2) is 76.7 Å². The Morgan fingerprint density at radius 1 is 0.938 bits per heavy atom. The smallest absolute Gasteiger partial charge is 0.167 e. The minimum atomic E-state index is -1.89. The van der Waals surface area contributed by atoms with Crippen LogP contribution >= 0.6 is 8.38 Å². The van der Waals surface area contributed by atoms with Crippen LogP contribution in [-0.2, 0) is 32.1 Å². The lowest BCUT2D eigenvalue weighted by atomic mass is 10.2. The highest BCUT2D eigenvalue weighted by Gasteiger charge is 2.17. The van der Waals surface area contributed by atoms with E-state index in [4.69, 9.17) is 39.5 Å². The maximum atomic E-state index is 8.80. The fourth-order valence-electron chi connectivity index (χ4n) is 3.29. The molecule has 0 saturated heterocycles. The predicted octanol–water partition coefficient (Wildman–Crippen LogP) is 2.05. The van der Waals surface area contributed by atoms with Gasteiger partial charge in [0.15, 0.2) is 14.2 Å². The zero-order valence-corrected chi connectivity index (χ0v) is 19.2. The highest BCUT2D eigenvalue weighted by Crippen LogP contribution is 2.29. The minimum absolute atomic E-state index is 0.254. The van der Waals surface area contributed by atoms with Gasteiger partial charge < -0.3 is 39.0 Å². The topological polar surface area (TPSA) is 134 Å². The molecule has 0 saturated carbocycles. The van der Waals surface area contributed by atoms with Crippen LogP contribution < -0.4 is 5.73 Å². The number of anilines is 1. The first-order chi connectivity index (χ1) is 15.6. The number of imidazole rings is 1. The number of aromatic nitrogens is 3. The third-order valence-corrected chi connectivity index (χ3v) is 5.35. The Hall–Kier alpha value is -1.91. The summed E-state index contributed by atoms with van der Waals surface area (Å²) in [5.41, 5.74) is 8.63. The summed E-state index contributed by atoms with van der Waals surface area (Å²) in [6.45, 7) is 6.07. The molecular formula is C21H31N4O6P. The molecule has 32 heavy (non-hydrogen) atoms. The molecule has 0 radical (unpaired) electrons. The van der Waals surface area contributed by atoms with E-state index in [1.165, 1.54) is 0 Å². The summed E-state index contributed by atoms with van der Waals surface area (Å²) in [4.78, 5) is 26.8. The van der Waals surface area contributed by atoms with Crippen LogP contribution in [0.15, 0.2) is 24.3 Å². The molecule has 0 aliphatic carbocycles. The number of ether oxygens (including phenoxy) is 4. The molecule has 176 valence electrons. The molecule has 0 aliphatic heterocycles. The summed E-state index contributed by atoms with van der Waals surface area (Å²) in [5, 5.41) is 0.991. The van der Waals surface area contributed by atoms with Gasteiger partial charge in [-0.2, -0.15) is 0 Å². The van der Waals surface area contributed by atoms with Gasteiger partial charge in [-0.1, -0.05) is 18.2 Å². The molecule has 11 heteroatoms. The maximum Gasteiger partial charge on any atom is 0.167 e. The van der Waals surface area contributed by atoms with Gasteiger partial charge in [0.2, 0.25) is 0 Å². The summed E-state index contributed by atoms with van der Waals surface area (Å²) in [6, 6.07) is 7.87. The third kappa shape index (κ3) is 6.79. The summed E-state index contributed by atoms with van der Waals surface area (Å²) < 4.78 is 24.2. The van der Waals surface area contributed by atoms with Crippen LogP contribution in [0.5, 0.6) is 0 Å². The molecule has 4 N–H and O–H groups in total. The number of nitrogens with two attached hydrogens (primary N) is 1. The number of pyridine rings is 1. The fourth-order valence-corrected chi connectivity index (χ4v) is 3.59. The van der Waals surface area contributed by atoms with Gasteiger partial charge in [0.1, 0.15) is 17.9 Å². The van der Waals surface area contributed by atoms with Gasteiger partial charge in [-0.25, -0.2) is 9.97 Å². The van der Waals surface area contributed by atoms with Crippen LogP contribution in [0.25, 0.3) is 21.9 Å². The van der Waals surface area contributed by atoms with E-state index in [0.29, 0.717) is 70.7 Å². The molecule has 0 aliphatic rings. The Balaban J connectivity index is 1.54. The molecule has 10 nitrogen and oxygen atoms in total. The average Bonchev–Trinajstić information content (AvgIpc) is 3.15. The van der Waals surface area contributed by atoms with Gasteiger partial charge in [-0.3, -0.25) is 0 Å². The molecule has 0 spiro atoms. The molecule has 2 aromatic heterocycles. The first-order valence-corrected chi connectivity index (χ1v) is 12.0. The van der Waals surface area contributed by atoms with Crippen LogP contribution in [0.4, 0.5) is 5.82 Å². The van der Waals surface area contributed by atoms with Crippen molar-refractivity contribution in [2.75, 3.05) is 58.1 Å². The van der Waals surface area contributed by atoms with Crippen molar-refractivity contribution in [2.24, 2.45) is 0 Å². The predicted molar refractivity (Wildman–Crippen MR) is 123 cm³/mol. The maximum absolute atomic E-state index is 8.80. The number of hydrogen-bond acceptors (Lipinski definition) is 9. The molecule has 0 bridgehead atoms. The standard InChI is InChI=1S/C21H31N4O6P/c1-2-28-15-18-24-19-20(16-5-3-4-6-17(16)23-21(19)22)25(18)7-8-29-9-10-30-11-12-31-13-14-32(26)27/h3-6,26-27H,2,7-15H2,1H3,(H2,22,23). The first kappa shape index (κ1) is 24.7. The van der Waals surface area contributed by atoms with E-state index in [1.54, 1.807) is 0 Å². The largest absolute Gasteiger partial charge is 0.382 e. The van der Waals surface area contributed by atoms with Crippen molar-refractivity contribution in [3.63, 3.8) is 0 Å². The van der Waals surface area contributed by atoms with E-state index in [0.717, 1.165) is 22.2 Å². The SMILES string of the molecule is CCOCc1nc2c(N)nc3ccccc3c2n1CCOCCOCCOCCP(O)O. The van der Waals surface area contributed by atoms with Gasteiger partial charge in [-0.15, -0.1) is 0 Å². The molecule has 3 rings (SSSR count). The Kier molecular flexibility index (Phi) is 10.0. The monoisotopic (exact) mass is 466 g/mol. The summed E-state index contributed by atoms with van der Waals surface area (Å²) in [7, 11) is -1.89. The van der Waals surface area contributed by atoms with Gasteiger partial charge in [0, 0.05) is 24.7 Å². The Morgan fingerprint density at radius 3 is 2.34 bits per heavy atom. The molecule has 0 unspecified atom stereocenters. The number of para-hydroxylation sites is 1. The van der Waals surface area contributed by atoms with Crippen molar-refractivity contribution in [3.8, 4) is 0 Å². The molecule has 0 amide bonds. The van der Waals surface area contributed by atoms with E-state index in [2.05, 4.69) is 9.55 Å². The van der Waals surface area contributed by atoms with Gasteiger partial charge in [0.05, 0.1) is 50.7 Å². The van der Waals surface area contributed by atoms with Crippen molar-refractivity contribution >= 4 is 36.1 Å². The lowest BCUT2D eigenvalue weighted by molar-refractivity contribution is 0.0154. The quantitative estimate of drug-likeness (QED) is 0.227. The number of fused-ring (bicyclic) bond motifs is 3. The van der Waals surface area contributed by atoms with Crippen LogP contribution in [0.3, 0.4) is 0 Å². The first-order valence-electron chi connectivity index (χ1n) is 10.6. The lowest BCUT2D eigenvalue weighted by Gasteiger charge is -2.12. The average molecular weight is 466 g/mol. The second-order valence-electron chi connectivity index (χ2n) is 6.96. The van der Waals surface area contributed by atoms with Crippen LogP contribution in [0, 0.1) is 0 Å². The highest BCUT2D eigenvalue weighted by molar-refractivity contribution is 7.45. The molecule has 0 fully saturated rings. The summed E-state index contributed by atoms with van der Waals surface area (Å²) in [6.07, 6.45) is 0.254. The summed E-state index contributed by atoms with van der Waals surface area (Å²) >= 11 is 0. The van der Waals surface area contributed by atoms with Gasteiger partial charge >= 0.3 is 0 Å². The minimum Gasteiger partial charge on any atom is -0.382 e. The normalized spacial score (nSPS) is 11.9. The number of nitrogen functional groups attached to an aromatic ring is 1. The third-order valence-electron chi connectivity index (χ3n) is 4.76. The van der Waals surface area contributed by atoms with Crippen molar-refractivity contribution < 1.29 is 28.7 Å². The zero-order valence-electron chi connectivity index (χ0n) is 18.3. The van der Waals surface area contributed by atoms with Crippen molar-refractivity contribution in [2.45, 2.75) is 20.1 Å². The Morgan fingerprint density at radius 2 is 1.62 bits per heavy atom. The number of nitrogens with zero attached hydrogens (tertiary/aromatic N) is 3. The Labute approximate surface area is 188 Å². The van der Waals surface area contributed by atoms with E-state index in [9.17, 15) is 0 Å². The lowest BCUT2D eigenvalue weighted by Crippen LogP contribution is -2.14. The van der Waals surface area contributed by atoms with Gasteiger partial charge in [0.25, 0.3) is 0 Å². The number of rotatable bonds is 15. The molecule has 2 heterocycles. The number of benzene rings is 1. The summed E-state index contributed by atoms with van der Waals surface area (Å²) in [5.74, 6) is 1.19. The molecule has 1 aromatic carbocycles. The number of hydrogen-bond donors (Lipinski definition) is 3.